The van der Waals surface area contributed by atoms with Gasteiger partial charge in [0.25, 0.3) is 0 Å². The Bertz CT molecular complexity index is 1930. The van der Waals surface area contributed by atoms with Crippen molar-refractivity contribution in [3.8, 4) is 56.2 Å². The smallest absolute Gasteiger partial charge is 0.0714 e. The summed E-state index contributed by atoms with van der Waals surface area (Å²) in [6.07, 6.45) is 7.33. The lowest BCUT2D eigenvalue weighted by Gasteiger charge is -2.13. The summed E-state index contributed by atoms with van der Waals surface area (Å²) in [6, 6.07) is 41.6. The molecule has 0 aliphatic carbocycles. The van der Waals surface area contributed by atoms with E-state index in [2.05, 4.69) is 87.7 Å². The van der Waals surface area contributed by atoms with E-state index in [9.17, 15) is 0 Å². The number of fused-ring (bicyclic) bond motifs is 1. The number of hydrogen-bond acceptors (Lipinski definition) is 4. The molecule has 40 heavy (non-hydrogen) atoms. The molecule has 0 radical (unpaired) electrons. The third-order valence-electron chi connectivity index (χ3n) is 7.13. The molecule has 3 aromatic carbocycles. The zero-order chi connectivity index (χ0) is 26.7. The predicted octanol–water partition coefficient (Wildman–Crippen LogP) is 8.75. The van der Waals surface area contributed by atoms with Crippen LogP contribution in [-0.4, -0.2) is 19.9 Å². The molecule has 0 atom stereocenters. The van der Waals surface area contributed by atoms with E-state index in [0.29, 0.717) is 0 Å². The van der Waals surface area contributed by atoms with Crippen molar-refractivity contribution in [3.63, 3.8) is 0 Å². The predicted molar refractivity (Wildman–Crippen MR) is 162 cm³/mol. The van der Waals surface area contributed by atoms with E-state index >= 15 is 0 Å². The van der Waals surface area contributed by atoms with Gasteiger partial charge in [0.05, 0.1) is 22.8 Å². The molecular weight excluding hydrogens is 488 g/mol. The van der Waals surface area contributed by atoms with Crippen LogP contribution in [0.3, 0.4) is 0 Å². The van der Waals surface area contributed by atoms with E-state index in [-0.39, 0.29) is 0 Å². The van der Waals surface area contributed by atoms with E-state index in [0.717, 1.165) is 50.6 Å². The van der Waals surface area contributed by atoms with Gasteiger partial charge in [0.15, 0.2) is 0 Å². The summed E-state index contributed by atoms with van der Waals surface area (Å²) >= 11 is 0. The average Bonchev–Trinajstić information content (AvgIpc) is 3.05. The lowest BCUT2D eigenvalue weighted by Crippen LogP contribution is -1.90. The summed E-state index contributed by atoms with van der Waals surface area (Å²) in [5.41, 5.74) is 10.3. The van der Waals surface area contributed by atoms with Gasteiger partial charge in [0, 0.05) is 47.0 Å². The van der Waals surface area contributed by atoms with Gasteiger partial charge in [-0.1, -0.05) is 72.8 Å². The van der Waals surface area contributed by atoms with Gasteiger partial charge in [-0.05, 0) is 70.4 Å². The minimum absolute atomic E-state index is 0.925. The van der Waals surface area contributed by atoms with Crippen molar-refractivity contribution in [2.75, 3.05) is 0 Å². The van der Waals surface area contributed by atoms with E-state index in [1.807, 2.05) is 73.3 Å². The molecule has 0 saturated carbocycles. The first kappa shape index (κ1) is 23.6. The molecule has 0 bridgehead atoms. The van der Waals surface area contributed by atoms with Crippen LogP contribution >= 0.6 is 0 Å². The Morgan fingerprint density at radius 1 is 0.300 bits per heavy atom. The first-order valence-electron chi connectivity index (χ1n) is 13.2. The van der Waals surface area contributed by atoms with Crippen LogP contribution in [0.2, 0.25) is 0 Å². The molecule has 0 amide bonds. The van der Waals surface area contributed by atoms with Gasteiger partial charge in [-0.3, -0.25) is 19.9 Å². The fourth-order valence-corrected chi connectivity index (χ4v) is 5.15. The lowest BCUT2D eigenvalue weighted by molar-refractivity contribution is 1.29. The molecule has 7 aromatic rings. The zero-order valence-electron chi connectivity index (χ0n) is 21.6. The Kier molecular flexibility index (Phi) is 6.11. The first-order chi connectivity index (χ1) is 19.8. The molecule has 0 N–H and O–H groups in total. The highest BCUT2D eigenvalue weighted by Gasteiger charge is 2.12. The number of hydrogen-bond donors (Lipinski definition) is 0. The first-order valence-corrected chi connectivity index (χ1v) is 13.2. The second-order valence-electron chi connectivity index (χ2n) is 9.57. The maximum atomic E-state index is 4.72. The van der Waals surface area contributed by atoms with Crippen LogP contribution in [0.5, 0.6) is 0 Å². The van der Waals surface area contributed by atoms with Gasteiger partial charge in [-0.2, -0.15) is 0 Å². The van der Waals surface area contributed by atoms with E-state index < -0.39 is 0 Å². The van der Waals surface area contributed by atoms with Crippen LogP contribution in [0.4, 0.5) is 0 Å². The van der Waals surface area contributed by atoms with Gasteiger partial charge < -0.3 is 0 Å². The highest BCUT2D eigenvalue weighted by atomic mass is 14.7. The molecule has 4 aromatic heterocycles. The summed E-state index contributed by atoms with van der Waals surface area (Å²) in [6.45, 7) is 0. The Hall–Kier alpha value is -5.48. The molecule has 7 rings (SSSR count). The summed E-state index contributed by atoms with van der Waals surface area (Å²) in [5.74, 6) is 0. The Morgan fingerprint density at radius 3 is 1.43 bits per heavy atom. The van der Waals surface area contributed by atoms with E-state index in [4.69, 9.17) is 4.98 Å². The number of pyridine rings is 4. The molecule has 4 nitrogen and oxygen atoms in total. The number of rotatable bonds is 5. The van der Waals surface area contributed by atoms with Gasteiger partial charge in [-0.15, -0.1) is 0 Å². The number of nitrogens with zero attached hydrogens (tertiary/aromatic N) is 4. The average molecular weight is 513 g/mol. The summed E-state index contributed by atoms with van der Waals surface area (Å²) < 4.78 is 0. The maximum Gasteiger partial charge on any atom is 0.0714 e. The Balaban J connectivity index is 1.25. The van der Waals surface area contributed by atoms with E-state index in [1.54, 1.807) is 0 Å². The highest BCUT2D eigenvalue weighted by Crippen LogP contribution is 2.36. The second kappa shape index (κ2) is 10.4. The quantitative estimate of drug-likeness (QED) is 0.231. The van der Waals surface area contributed by atoms with Crippen LogP contribution in [0.1, 0.15) is 0 Å². The monoisotopic (exact) mass is 512 g/mol. The van der Waals surface area contributed by atoms with Crippen molar-refractivity contribution in [2.24, 2.45) is 0 Å². The fourth-order valence-electron chi connectivity index (χ4n) is 5.15. The summed E-state index contributed by atoms with van der Waals surface area (Å²) in [7, 11) is 0. The van der Waals surface area contributed by atoms with Crippen LogP contribution in [0.15, 0.2) is 146 Å². The van der Waals surface area contributed by atoms with Gasteiger partial charge in [0.1, 0.15) is 0 Å². The van der Waals surface area contributed by atoms with Crippen molar-refractivity contribution in [1.82, 2.24) is 19.9 Å². The van der Waals surface area contributed by atoms with Crippen molar-refractivity contribution >= 4 is 10.8 Å². The standard InChI is InChI=1S/C36H24N4/c1-2-8-31-30(7-1)29(15-16-32(31)36-24-28(18-22-40-36)34-10-4-6-20-38-34)25-11-13-26(14-12-25)35-23-27(17-21-39-35)33-9-3-5-19-37-33/h1-24H. The van der Waals surface area contributed by atoms with Crippen molar-refractivity contribution in [3.05, 3.63) is 146 Å². The van der Waals surface area contributed by atoms with Gasteiger partial charge in [0.2, 0.25) is 0 Å². The maximum absolute atomic E-state index is 4.72. The zero-order valence-corrected chi connectivity index (χ0v) is 21.6. The summed E-state index contributed by atoms with van der Waals surface area (Å²) in [4.78, 5) is 18.3. The van der Waals surface area contributed by atoms with Crippen LogP contribution < -0.4 is 0 Å². The van der Waals surface area contributed by atoms with Crippen molar-refractivity contribution < 1.29 is 0 Å². The lowest BCUT2D eigenvalue weighted by atomic mass is 9.92. The Morgan fingerprint density at radius 2 is 0.800 bits per heavy atom. The SMILES string of the molecule is c1ccc(-c2ccnc(-c3ccc(-c4ccc(-c5cc(-c6ccccn6)ccn5)c5ccccc45)cc3)c2)nc1. The molecular formula is C36H24N4. The molecule has 0 aliphatic rings. The van der Waals surface area contributed by atoms with Crippen LogP contribution in [-0.2, 0) is 0 Å². The van der Waals surface area contributed by atoms with Gasteiger partial charge in [-0.25, -0.2) is 0 Å². The van der Waals surface area contributed by atoms with Crippen molar-refractivity contribution in [2.45, 2.75) is 0 Å². The van der Waals surface area contributed by atoms with Gasteiger partial charge >= 0.3 is 0 Å². The fraction of sp³-hybridized carbons (Fsp3) is 0. The highest BCUT2D eigenvalue weighted by molar-refractivity contribution is 6.04. The molecule has 0 fully saturated rings. The third-order valence-corrected chi connectivity index (χ3v) is 7.13. The Labute approximate surface area is 232 Å². The normalized spacial score (nSPS) is 11.0. The second-order valence-corrected chi connectivity index (χ2v) is 9.57. The third kappa shape index (κ3) is 4.52. The minimum atomic E-state index is 0.925. The molecule has 188 valence electrons. The molecule has 0 spiro atoms. The number of aromatic nitrogens is 4. The molecule has 4 heterocycles. The number of benzene rings is 3. The van der Waals surface area contributed by atoms with Crippen LogP contribution in [0, 0.1) is 0 Å². The topological polar surface area (TPSA) is 51.6 Å². The van der Waals surface area contributed by atoms with E-state index in [1.165, 1.54) is 16.3 Å². The van der Waals surface area contributed by atoms with Crippen molar-refractivity contribution in [1.29, 1.82) is 0 Å². The molecule has 4 heteroatoms. The van der Waals surface area contributed by atoms with Crippen LogP contribution in [0.25, 0.3) is 66.9 Å². The summed E-state index contributed by atoms with van der Waals surface area (Å²) in [5, 5.41) is 2.35. The largest absolute Gasteiger partial charge is 0.256 e. The molecule has 0 saturated heterocycles. The molecule has 0 unspecified atom stereocenters. The minimum Gasteiger partial charge on any atom is -0.256 e. The molecule has 0 aliphatic heterocycles.